The molecule has 0 saturated carbocycles. The molecule has 3 rings (SSSR count). The predicted molar refractivity (Wildman–Crippen MR) is 84.3 cm³/mol. The second-order valence-corrected chi connectivity index (χ2v) is 7.70. The molecule has 114 valence electrons. The molecular weight excluding hydrogens is 286 g/mol. The van der Waals surface area contributed by atoms with E-state index in [9.17, 15) is 9.90 Å². The number of piperazine rings is 1. The van der Waals surface area contributed by atoms with Crippen molar-refractivity contribution in [3.05, 3.63) is 17.7 Å². The molecule has 21 heavy (non-hydrogen) atoms. The van der Waals surface area contributed by atoms with Crippen molar-refractivity contribution in [2.24, 2.45) is 0 Å². The van der Waals surface area contributed by atoms with Crippen molar-refractivity contribution in [1.29, 1.82) is 0 Å². The van der Waals surface area contributed by atoms with E-state index in [0.29, 0.717) is 18.3 Å². The topological polar surface area (TPSA) is 56.7 Å². The summed E-state index contributed by atoms with van der Waals surface area (Å²) in [6.45, 7) is 7.53. The van der Waals surface area contributed by atoms with Crippen molar-refractivity contribution < 1.29 is 9.90 Å². The quantitative estimate of drug-likeness (QED) is 0.851. The zero-order valence-corrected chi connectivity index (χ0v) is 13.4. The van der Waals surface area contributed by atoms with E-state index in [1.54, 1.807) is 11.8 Å². The van der Waals surface area contributed by atoms with Gasteiger partial charge in [0, 0.05) is 24.4 Å². The van der Waals surface area contributed by atoms with E-state index in [-0.39, 0.29) is 12.1 Å². The third-order valence-corrected chi connectivity index (χ3v) is 4.98. The molecule has 1 aromatic heterocycles. The van der Waals surface area contributed by atoms with Crippen LogP contribution in [0.1, 0.15) is 26.3 Å². The summed E-state index contributed by atoms with van der Waals surface area (Å²) < 4.78 is 0. The summed E-state index contributed by atoms with van der Waals surface area (Å²) in [6, 6.07) is 4.64. The van der Waals surface area contributed by atoms with Gasteiger partial charge in [-0.25, -0.2) is 9.78 Å². The largest absolute Gasteiger partial charge is 0.465 e. The summed E-state index contributed by atoms with van der Waals surface area (Å²) in [5, 5.41) is 10.8. The van der Waals surface area contributed by atoms with Gasteiger partial charge < -0.3 is 14.9 Å². The normalized spacial score (nSPS) is 24.2. The molecule has 0 aliphatic carbocycles. The highest BCUT2D eigenvalue weighted by Gasteiger charge is 2.40. The molecule has 1 aromatic rings. The maximum atomic E-state index is 11.2. The number of aromatic nitrogens is 1. The first-order valence-electron chi connectivity index (χ1n) is 7.38. The number of pyridine rings is 1. The van der Waals surface area contributed by atoms with Crippen LogP contribution in [-0.2, 0) is 6.42 Å². The van der Waals surface area contributed by atoms with Crippen molar-refractivity contribution >= 4 is 23.7 Å². The molecular formula is C15H21N3O2S. The predicted octanol–water partition coefficient (Wildman–Crippen LogP) is 2.70. The van der Waals surface area contributed by atoms with E-state index in [1.165, 1.54) is 10.5 Å². The lowest BCUT2D eigenvalue weighted by Crippen LogP contribution is -2.57. The van der Waals surface area contributed by atoms with Gasteiger partial charge in [-0.15, -0.1) is 11.8 Å². The molecule has 0 aromatic carbocycles. The second-order valence-electron chi connectivity index (χ2n) is 6.10. The number of nitrogens with zero attached hydrogens (tertiary/aromatic N) is 3. The van der Waals surface area contributed by atoms with Gasteiger partial charge in [0.2, 0.25) is 0 Å². The lowest BCUT2D eigenvalue weighted by atomic mass is 10.1. The fourth-order valence-electron chi connectivity index (χ4n) is 3.29. The summed E-state index contributed by atoms with van der Waals surface area (Å²) in [6.07, 6.45) is 0.0739. The van der Waals surface area contributed by atoms with Crippen LogP contribution in [0.25, 0.3) is 0 Å². The fraction of sp³-hybridized carbons (Fsp3) is 0.600. The van der Waals surface area contributed by atoms with Gasteiger partial charge in [0.1, 0.15) is 5.82 Å². The van der Waals surface area contributed by atoms with Crippen LogP contribution < -0.4 is 4.90 Å². The number of carbonyl (C=O) groups is 1. The standard InChI is InChI=1S/C15H21N3O2S/c1-9(2)21-13-5-4-11-6-12-8-17(15(19)20)7-10(3)18(12)14(11)16-13/h4-5,9-10,12H,6-8H2,1-3H3,(H,19,20)/t10-,12-/m1/s1. The number of anilines is 1. The van der Waals surface area contributed by atoms with Crippen LogP contribution in [-0.4, -0.2) is 51.5 Å². The molecule has 3 heterocycles. The summed E-state index contributed by atoms with van der Waals surface area (Å²) in [7, 11) is 0. The Morgan fingerprint density at radius 2 is 2.19 bits per heavy atom. The van der Waals surface area contributed by atoms with E-state index in [4.69, 9.17) is 4.98 Å². The van der Waals surface area contributed by atoms with Crippen molar-refractivity contribution in [3.63, 3.8) is 0 Å². The summed E-state index contributed by atoms with van der Waals surface area (Å²) in [5.41, 5.74) is 1.24. The van der Waals surface area contributed by atoms with Crippen LogP contribution in [0.3, 0.4) is 0 Å². The Morgan fingerprint density at radius 1 is 1.43 bits per heavy atom. The molecule has 1 fully saturated rings. The summed E-state index contributed by atoms with van der Waals surface area (Å²) in [5.74, 6) is 1.06. The molecule has 2 aliphatic rings. The van der Waals surface area contributed by atoms with Crippen LogP contribution in [0, 0.1) is 0 Å². The number of carboxylic acid groups (broad SMARTS) is 1. The number of hydrogen-bond donors (Lipinski definition) is 1. The van der Waals surface area contributed by atoms with Crippen LogP contribution >= 0.6 is 11.8 Å². The van der Waals surface area contributed by atoms with Gasteiger partial charge in [0.25, 0.3) is 0 Å². The first kappa shape index (κ1) is 14.5. The van der Waals surface area contributed by atoms with Crippen LogP contribution in [0.4, 0.5) is 10.6 Å². The van der Waals surface area contributed by atoms with E-state index in [1.807, 2.05) is 0 Å². The van der Waals surface area contributed by atoms with E-state index >= 15 is 0 Å². The molecule has 1 N–H and O–H groups in total. The van der Waals surface area contributed by atoms with Gasteiger partial charge >= 0.3 is 6.09 Å². The highest BCUT2D eigenvalue weighted by molar-refractivity contribution is 7.99. The molecule has 6 heteroatoms. The monoisotopic (exact) mass is 307 g/mol. The van der Waals surface area contributed by atoms with Crippen LogP contribution in [0.2, 0.25) is 0 Å². The first-order chi connectivity index (χ1) is 9.95. The van der Waals surface area contributed by atoms with Crippen molar-refractivity contribution in [1.82, 2.24) is 9.88 Å². The third kappa shape index (κ3) is 2.69. The lowest BCUT2D eigenvalue weighted by Gasteiger charge is -2.42. The number of amides is 1. The van der Waals surface area contributed by atoms with Gasteiger partial charge in [-0.1, -0.05) is 19.9 Å². The molecule has 2 aliphatic heterocycles. The Kier molecular flexibility index (Phi) is 3.73. The van der Waals surface area contributed by atoms with Crippen molar-refractivity contribution in [3.8, 4) is 0 Å². The number of fused-ring (bicyclic) bond motifs is 3. The minimum absolute atomic E-state index is 0.174. The molecule has 5 nitrogen and oxygen atoms in total. The Balaban J connectivity index is 1.87. The zero-order valence-electron chi connectivity index (χ0n) is 12.6. The van der Waals surface area contributed by atoms with E-state index in [2.05, 4.69) is 37.8 Å². The molecule has 0 radical (unpaired) electrons. The Morgan fingerprint density at radius 3 is 2.86 bits per heavy atom. The highest BCUT2D eigenvalue weighted by atomic mass is 32.2. The Labute approximate surface area is 129 Å². The third-order valence-electron chi connectivity index (χ3n) is 4.04. The number of hydrogen-bond acceptors (Lipinski definition) is 4. The molecule has 0 bridgehead atoms. The molecule has 0 spiro atoms. The summed E-state index contributed by atoms with van der Waals surface area (Å²) >= 11 is 1.77. The van der Waals surface area contributed by atoms with Gasteiger partial charge in [0.05, 0.1) is 11.1 Å². The first-order valence-corrected chi connectivity index (χ1v) is 8.26. The minimum Gasteiger partial charge on any atom is -0.465 e. The van der Waals surface area contributed by atoms with E-state index < -0.39 is 6.09 Å². The SMILES string of the molecule is CC(C)Sc1ccc2c(n1)N1[C@H](C2)CN(C(=O)O)C[C@H]1C. The van der Waals surface area contributed by atoms with Gasteiger partial charge in [-0.05, 0) is 25.0 Å². The smallest absolute Gasteiger partial charge is 0.407 e. The zero-order chi connectivity index (χ0) is 15.1. The molecule has 1 amide bonds. The van der Waals surface area contributed by atoms with E-state index in [0.717, 1.165) is 17.3 Å². The molecule has 2 atom stereocenters. The highest BCUT2D eigenvalue weighted by Crippen LogP contribution is 2.37. The second kappa shape index (κ2) is 5.40. The fourth-order valence-corrected chi connectivity index (χ4v) is 4.06. The molecule has 0 unspecified atom stereocenters. The Bertz CT molecular complexity index is 564. The van der Waals surface area contributed by atoms with Crippen molar-refractivity contribution in [2.75, 3.05) is 18.0 Å². The number of rotatable bonds is 2. The van der Waals surface area contributed by atoms with Crippen LogP contribution in [0.15, 0.2) is 17.2 Å². The minimum atomic E-state index is -0.818. The summed E-state index contributed by atoms with van der Waals surface area (Å²) in [4.78, 5) is 19.9. The average Bonchev–Trinajstić information content (AvgIpc) is 2.75. The van der Waals surface area contributed by atoms with Crippen LogP contribution in [0.5, 0.6) is 0 Å². The van der Waals surface area contributed by atoms with Gasteiger partial charge in [-0.3, -0.25) is 0 Å². The lowest BCUT2D eigenvalue weighted by molar-refractivity contribution is 0.128. The Hall–Kier alpha value is -1.43. The number of thioether (sulfide) groups is 1. The maximum absolute atomic E-state index is 11.2. The molecule has 1 saturated heterocycles. The average molecular weight is 307 g/mol. The van der Waals surface area contributed by atoms with Gasteiger partial charge in [0.15, 0.2) is 0 Å². The maximum Gasteiger partial charge on any atom is 0.407 e. The van der Waals surface area contributed by atoms with Gasteiger partial charge in [-0.2, -0.15) is 0 Å². The van der Waals surface area contributed by atoms with Crippen molar-refractivity contribution in [2.45, 2.75) is 49.6 Å².